The van der Waals surface area contributed by atoms with Crippen LogP contribution in [-0.2, 0) is 14.3 Å². The molecule has 3 fully saturated rings. The van der Waals surface area contributed by atoms with Gasteiger partial charge in [-0.2, -0.15) is 0 Å². The number of nitrogens with zero attached hydrogens (tertiary/aromatic N) is 1. The molecule has 0 spiro atoms. The summed E-state index contributed by atoms with van der Waals surface area (Å²) < 4.78 is 5.27. The first-order chi connectivity index (χ1) is 9.69. The third kappa shape index (κ3) is 2.55. The normalized spacial score (nSPS) is 35.6. The fourth-order valence-electron chi connectivity index (χ4n) is 3.77. The van der Waals surface area contributed by atoms with Crippen molar-refractivity contribution in [3.05, 3.63) is 0 Å². The molecule has 3 rings (SSSR count). The number of rotatable bonds is 3. The summed E-state index contributed by atoms with van der Waals surface area (Å²) in [6.45, 7) is 0.225. The minimum absolute atomic E-state index is 0.000963. The zero-order valence-electron chi connectivity index (χ0n) is 12.1. The highest BCUT2D eigenvalue weighted by atomic mass is 16.5. The van der Waals surface area contributed by atoms with Crippen LogP contribution in [0.5, 0.6) is 0 Å². The van der Waals surface area contributed by atoms with Gasteiger partial charge >= 0.3 is 0 Å². The van der Waals surface area contributed by atoms with Crippen molar-refractivity contribution in [2.75, 3.05) is 13.7 Å². The Labute approximate surface area is 120 Å². The Kier molecular flexibility index (Phi) is 3.96. The van der Waals surface area contributed by atoms with Gasteiger partial charge in [-0.25, -0.2) is 0 Å². The maximum atomic E-state index is 12.7. The van der Waals surface area contributed by atoms with E-state index in [2.05, 4.69) is 5.32 Å². The van der Waals surface area contributed by atoms with E-state index >= 15 is 0 Å². The number of carbonyl (C=O) groups excluding carboxylic acids is 2. The van der Waals surface area contributed by atoms with Crippen LogP contribution in [0.2, 0.25) is 0 Å². The Hall–Kier alpha value is -1.10. The molecule has 1 saturated heterocycles. The first kappa shape index (κ1) is 13.9. The molecule has 0 aromatic carbocycles. The zero-order valence-corrected chi connectivity index (χ0v) is 12.1. The SMILES string of the molecule is COC1CC(N2CC(=O)NC(C3CCCCC3)C2=O)C1. The maximum absolute atomic E-state index is 12.7. The fourth-order valence-corrected chi connectivity index (χ4v) is 3.77. The van der Waals surface area contributed by atoms with Gasteiger partial charge in [-0.15, -0.1) is 0 Å². The van der Waals surface area contributed by atoms with E-state index in [1.54, 1.807) is 12.0 Å². The maximum Gasteiger partial charge on any atom is 0.246 e. The molecule has 3 aliphatic rings. The van der Waals surface area contributed by atoms with Crippen molar-refractivity contribution in [2.45, 2.75) is 63.1 Å². The van der Waals surface area contributed by atoms with Crippen molar-refractivity contribution in [2.24, 2.45) is 5.92 Å². The van der Waals surface area contributed by atoms with Crippen molar-refractivity contribution >= 4 is 11.8 Å². The average Bonchev–Trinajstić information content (AvgIpc) is 2.42. The van der Waals surface area contributed by atoms with E-state index < -0.39 is 0 Å². The van der Waals surface area contributed by atoms with Crippen LogP contribution in [-0.4, -0.2) is 48.6 Å². The Morgan fingerprint density at radius 3 is 2.50 bits per heavy atom. The molecular weight excluding hydrogens is 256 g/mol. The van der Waals surface area contributed by atoms with Crippen molar-refractivity contribution in [3.63, 3.8) is 0 Å². The highest BCUT2D eigenvalue weighted by molar-refractivity contribution is 5.95. The van der Waals surface area contributed by atoms with Gasteiger partial charge < -0.3 is 15.0 Å². The lowest BCUT2D eigenvalue weighted by molar-refractivity contribution is -0.153. The van der Waals surface area contributed by atoms with Gasteiger partial charge in [-0.1, -0.05) is 19.3 Å². The number of methoxy groups -OCH3 is 1. The molecule has 1 atom stereocenters. The molecule has 0 aromatic rings. The molecule has 2 amide bonds. The van der Waals surface area contributed by atoms with Crippen molar-refractivity contribution in [1.82, 2.24) is 10.2 Å². The van der Waals surface area contributed by atoms with Crippen LogP contribution in [0.4, 0.5) is 0 Å². The Balaban J connectivity index is 1.66. The van der Waals surface area contributed by atoms with Crippen LogP contribution >= 0.6 is 0 Å². The number of carbonyl (C=O) groups is 2. The molecule has 1 heterocycles. The zero-order chi connectivity index (χ0) is 14.1. The van der Waals surface area contributed by atoms with Gasteiger partial charge in [0, 0.05) is 13.2 Å². The minimum atomic E-state index is -0.279. The smallest absolute Gasteiger partial charge is 0.246 e. The van der Waals surface area contributed by atoms with Crippen LogP contribution in [0.15, 0.2) is 0 Å². The number of hydrogen-bond acceptors (Lipinski definition) is 3. The second-order valence-corrected chi connectivity index (χ2v) is 6.39. The number of amides is 2. The van der Waals surface area contributed by atoms with E-state index in [9.17, 15) is 9.59 Å². The van der Waals surface area contributed by atoms with Crippen LogP contribution < -0.4 is 5.32 Å². The highest BCUT2D eigenvalue weighted by Crippen LogP contribution is 2.32. The summed E-state index contributed by atoms with van der Waals surface area (Å²) in [7, 11) is 1.70. The predicted molar refractivity (Wildman–Crippen MR) is 74.0 cm³/mol. The first-order valence-electron chi connectivity index (χ1n) is 7.81. The second kappa shape index (κ2) is 5.72. The molecule has 20 heavy (non-hydrogen) atoms. The largest absolute Gasteiger partial charge is 0.381 e. The quantitative estimate of drug-likeness (QED) is 0.841. The number of nitrogens with one attached hydrogen (secondary N) is 1. The Morgan fingerprint density at radius 2 is 1.85 bits per heavy atom. The van der Waals surface area contributed by atoms with Crippen LogP contribution in [0, 0.1) is 5.92 Å². The summed E-state index contributed by atoms with van der Waals surface area (Å²) in [6.07, 6.45) is 7.74. The lowest BCUT2D eigenvalue weighted by Gasteiger charge is -2.46. The first-order valence-corrected chi connectivity index (χ1v) is 7.81. The van der Waals surface area contributed by atoms with Crippen LogP contribution in [0.1, 0.15) is 44.9 Å². The van der Waals surface area contributed by atoms with E-state index in [0.29, 0.717) is 5.92 Å². The fraction of sp³-hybridized carbons (Fsp3) is 0.867. The predicted octanol–water partition coefficient (Wildman–Crippen LogP) is 1.07. The molecule has 1 N–H and O–H groups in total. The van der Waals surface area contributed by atoms with E-state index in [4.69, 9.17) is 4.74 Å². The van der Waals surface area contributed by atoms with E-state index in [0.717, 1.165) is 25.7 Å². The van der Waals surface area contributed by atoms with Gasteiger partial charge in [0.2, 0.25) is 11.8 Å². The monoisotopic (exact) mass is 280 g/mol. The number of hydrogen-bond donors (Lipinski definition) is 1. The summed E-state index contributed by atoms with van der Waals surface area (Å²) in [5, 5.41) is 2.93. The third-order valence-corrected chi connectivity index (χ3v) is 5.14. The van der Waals surface area contributed by atoms with E-state index in [1.807, 2.05) is 0 Å². The van der Waals surface area contributed by atoms with Gasteiger partial charge in [0.05, 0.1) is 12.6 Å². The standard InChI is InChI=1S/C15H24N2O3/c1-20-12-7-11(8-12)17-9-13(18)16-14(15(17)19)10-5-3-2-4-6-10/h10-12,14H,2-9H2,1H3,(H,16,18). The van der Waals surface area contributed by atoms with Crippen molar-refractivity contribution in [3.8, 4) is 0 Å². The van der Waals surface area contributed by atoms with E-state index in [-0.39, 0.29) is 36.5 Å². The summed E-state index contributed by atoms with van der Waals surface area (Å²) in [5.41, 5.74) is 0. The highest BCUT2D eigenvalue weighted by Gasteiger charge is 2.44. The summed E-state index contributed by atoms with van der Waals surface area (Å²) in [5.74, 6) is 0.471. The molecule has 2 aliphatic carbocycles. The van der Waals surface area contributed by atoms with Gasteiger partial charge in [0.1, 0.15) is 6.04 Å². The van der Waals surface area contributed by atoms with Gasteiger partial charge in [-0.3, -0.25) is 9.59 Å². The summed E-state index contributed by atoms with van der Waals surface area (Å²) >= 11 is 0. The molecule has 112 valence electrons. The minimum Gasteiger partial charge on any atom is -0.381 e. The second-order valence-electron chi connectivity index (χ2n) is 6.39. The average molecular weight is 280 g/mol. The molecular formula is C15H24N2O3. The molecule has 2 saturated carbocycles. The van der Waals surface area contributed by atoms with Gasteiger partial charge in [0.15, 0.2) is 0 Å². The topological polar surface area (TPSA) is 58.6 Å². The van der Waals surface area contributed by atoms with Crippen LogP contribution in [0.3, 0.4) is 0 Å². The van der Waals surface area contributed by atoms with Gasteiger partial charge in [-0.05, 0) is 31.6 Å². The molecule has 5 nitrogen and oxygen atoms in total. The molecule has 0 radical (unpaired) electrons. The van der Waals surface area contributed by atoms with Crippen LogP contribution in [0.25, 0.3) is 0 Å². The van der Waals surface area contributed by atoms with Gasteiger partial charge in [0.25, 0.3) is 0 Å². The van der Waals surface area contributed by atoms with Crippen molar-refractivity contribution < 1.29 is 14.3 Å². The molecule has 1 aliphatic heterocycles. The summed E-state index contributed by atoms with van der Waals surface area (Å²) in [4.78, 5) is 26.4. The molecule has 5 heteroatoms. The lowest BCUT2D eigenvalue weighted by atomic mass is 9.81. The summed E-state index contributed by atoms with van der Waals surface area (Å²) in [6, 6.07) is -0.0808. The Bertz CT molecular complexity index is 387. The van der Waals surface area contributed by atoms with E-state index in [1.165, 1.54) is 19.3 Å². The van der Waals surface area contributed by atoms with Crippen molar-refractivity contribution in [1.29, 1.82) is 0 Å². The molecule has 0 bridgehead atoms. The lowest BCUT2D eigenvalue weighted by Crippen LogP contribution is -2.65. The Morgan fingerprint density at radius 1 is 1.15 bits per heavy atom. The molecule has 1 unspecified atom stereocenters. The third-order valence-electron chi connectivity index (χ3n) is 5.14. The molecule has 0 aromatic heterocycles. The number of ether oxygens (including phenoxy) is 1. The number of piperazine rings is 1.